The molecule has 0 saturated carbocycles. The van der Waals surface area contributed by atoms with E-state index in [0.29, 0.717) is 0 Å². The summed E-state index contributed by atoms with van der Waals surface area (Å²) >= 11 is 8.63. The minimum atomic E-state index is -0.0480. The van der Waals surface area contributed by atoms with Gasteiger partial charge in [-0.15, -0.1) is 11.3 Å². The first-order valence-corrected chi connectivity index (χ1v) is 7.25. The first kappa shape index (κ1) is 12.3. The summed E-state index contributed by atoms with van der Waals surface area (Å²) in [4.78, 5) is 1.16. The molecule has 84 valence electrons. The average molecular weight is 361 g/mol. The molecule has 0 aliphatic heterocycles. The topological polar surface area (TPSA) is 26.0 Å². The summed E-state index contributed by atoms with van der Waals surface area (Å²) in [5.41, 5.74) is 8.62. The van der Waals surface area contributed by atoms with E-state index in [4.69, 9.17) is 5.73 Å². The van der Waals surface area contributed by atoms with Crippen molar-refractivity contribution in [1.82, 2.24) is 0 Å². The molecule has 1 aromatic heterocycles. The molecule has 0 spiro atoms. The molecule has 0 fully saturated rings. The van der Waals surface area contributed by atoms with Crippen molar-refractivity contribution in [2.45, 2.75) is 13.0 Å². The zero-order chi connectivity index (χ0) is 11.7. The van der Waals surface area contributed by atoms with Crippen LogP contribution in [-0.4, -0.2) is 0 Å². The molecule has 4 heteroatoms. The highest BCUT2D eigenvalue weighted by Gasteiger charge is 2.13. The van der Waals surface area contributed by atoms with Gasteiger partial charge < -0.3 is 5.73 Å². The molecule has 1 atom stereocenters. The first-order valence-electron chi connectivity index (χ1n) is 4.85. The maximum atomic E-state index is 6.22. The van der Waals surface area contributed by atoms with Crippen molar-refractivity contribution < 1.29 is 0 Å². The fraction of sp³-hybridized carbons (Fsp3) is 0.167. The fourth-order valence-electron chi connectivity index (χ4n) is 1.45. The molecular weight excluding hydrogens is 350 g/mol. The monoisotopic (exact) mass is 359 g/mol. The van der Waals surface area contributed by atoms with E-state index in [-0.39, 0.29) is 6.04 Å². The van der Waals surface area contributed by atoms with E-state index in [2.05, 4.69) is 69.1 Å². The highest BCUT2D eigenvalue weighted by molar-refractivity contribution is 9.13. The molecule has 0 bridgehead atoms. The van der Waals surface area contributed by atoms with E-state index < -0.39 is 0 Å². The van der Waals surface area contributed by atoms with E-state index in [1.807, 2.05) is 0 Å². The standard InChI is InChI=1S/C12H11Br2NS/c1-7-2-4-8(5-3-7)11(15)10-6-9(13)12(14)16-10/h2-6,11H,15H2,1H3. The van der Waals surface area contributed by atoms with Gasteiger partial charge in [0.2, 0.25) is 0 Å². The van der Waals surface area contributed by atoms with Crippen molar-refractivity contribution >= 4 is 43.2 Å². The Labute approximate surface area is 116 Å². The lowest BCUT2D eigenvalue weighted by molar-refractivity contribution is 0.892. The van der Waals surface area contributed by atoms with Gasteiger partial charge in [0.05, 0.1) is 9.83 Å². The number of nitrogens with two attached hydrogens (primary N) is 1. The van der Waals surface area contributed by atoms with Gasteiger partial charge in [0, 0.05) is 9.35 Å². The molecule has 1 unspecified atom stereocenters. The second kappa shape index (κ2) is 5.00. The molecule has 0 aliphatic carbocycles. The summed E-state index contributed by atoms with van der Waals surface area (Å²) in [6.07, 6.45) is 0. The minimum Gasteiger partial charge on any atom is -0.320 e. The first-order chi connectivity index (χ1) is 7.58. The summed E-state index contributed by atoms with van der Waals surface area (Å²) in [6, 6.07) is 10.4. The Kier molecular flexibility index (Phi) is 3.85. The lowest BCUT2D eigenvalue weighted by Crippen LogP contribution is -2.09. The molecule has 1 aromatic carbocycles. The predicted molar refractivity (Wildman–Crippen MR) is 76.9 cm³/mol. The van der Waals surface area contributed by atoms with Crippen LogP contribution in [0.5, 0.6) is 0 Å². The van der Waals surface area contributed by atoms with Crippen LogP contribution in [0, 0.1) is 6.92 Å². The Morgan fingerprint density at radius 3 is 2.31 bits per heavy atom. The van der Waals surface area contributed by atoms with Crippen molar-refractivity contribution in [3.63, 3.8) is 0 Å². The minimum absolute atomic E-state index is 0.0480. The molecule has 0 radical (unpaired) electrons. The largest absolute Gasteiger partial charge is 0.320 e. The summed E-state index contributed by atoms with van der Waals surface area (Å²) in [7, 11) is 0. The molecular formula is C12H11Br2NS. The Morgan fingerprint density at radius 1 is 1.19 bits per heavy atom. The third-order valence-corrected chi connectivity index (χ3v) is 5.75. The summed E-state index contributed by atoms with van der Waals surface area (Å²) < 4.78 is 2.15. The quantitative estimate of drug-likeness (QED) is 0.830. The van der Waals surface area contributed by atoms with E-state index in [1.165, 1.54) is 5.56 Å². The van der Waals surface area contributed by atoms with Crippen molar-refractivity contribution in [1.29, 1.82) is 0 Å². The van der Waals surface area contributed by atoms with Crippen molar-refractivity contribution in [3.05, 3.63) is 54.6 Å². The lowest BCUT2D eigenvalue weighted by atomic mass is 10.0. The van der Waals surface area contributed by atoms with E-state index >= 15 is 0 Å². The van der Waals surface area contributed by atoms with Gasteiger partial charge in [-0.25, -0.2) is 0 Å². The van der Waals surface area contributed by atoms with E-state index in [0.717, 1.165) is 18.7 Å². The molecule has 0 saturated heterocycles. The van der Waals surface area contributed by atoms with E-state index in [1.54, 1.807) is 11.3 Å². The van der Waals surface area contributed by atoms with Gasteiger partial charge in [0.25, 0.3) is 0 Å². The molecule has 16 heavy (non-hydrogen) atoms. The second-order valence-corrected chi connectivity index (χ2v) is 6.91. The summed E-state index contributed by atoms with van der Waals surface area (Å²) in [6.45, 7) is 2.08. The van der Waals surface area contributed by atoms with Crippen molar-refractivity contribution in [3.8, 4) is 0 Å². The van der Waals surface area contributed by atoms with Crippen LogP contribution in [0.1, 0.15) is 22.0 Å². The highest BCUT2D eigenvalue weighted by Crippen LogP contribution is 2.36. The molecule has 2 rings (SSSR count). The number of rotatable bonds is 2. The smallest absolute Gasteiger partial charge is 0.0843 e. The highest BCUT2D eigenvalue weighted by atomic mass is 79.9. The van der Waals surface area contributed by atoms with Gasteiger partial charge in [-0.1, -0.05) is 29.8 Å². The van der Waals surface area contributed by atoms with Crippen molar-refractivity contribution in [2.75, 3.05) is 0 Å². The predicted octanol–water partition coefficient (Wildman–Crippen LogP) is 4.63. The summed E-state index contributed by atoms with van der Waals surface area (Å²) in [5.74, 6) is 0. The van der Waals surface area contributed by atoms with Crippen LogP contribution in [0.25, 0.3) is 0 Å². The van der Waals surface area contributed by atoms with Crippen LogP contribution in [0.2, 0.25) is 0 Å². The number of halogens is 2. The van der Waals surface area contributed by atoms with Crippen molar-refractivity contribution in [2.24, 2.45) is 5.73 Å². The van der Waals surface area contributed by atoms with Crippen LogP contribution in [0.4, 0.5) is 0 Å². The summed E-state index contributed by atoms with van der Waals surface area (Å²) in [5, 5.41) is 0. The Hall–Kier alpha value is -0.160. The third kappa shape index (κ3) is 2.56. The SMILES string of the molecule is Cc1ccc(C(N)c2cc(Br)c(Br)s2)cc1. The number of thiophene rings is 1. The van der Waals surface area contributed by atoms with Crippen LogP contribution in [0.3, 0.4) is 0 Å². The Morgan fingerprint density at radius 2 is 1.81 bits per heavy atom. The van der Waals surface area contributed by atoms with Gasteiger partial charge in [-0.2, -0.15) is 0 Å². The van der Waals surface area contributed by atoms with Gasteiger partial charge in [-0.05, 0) is 50.4 Å². The number of benzene rings is 1. The average Bonchev–Trinajstić information content (AvgIpc) is 2.59. The van der Waals surface area contributed by atoms with Crippen LogP contribution in [0.15, 0.2) is 38.6 Å². The fourth-order valence-corrected chi connectivity index (χ4v) is 3.57. The van der Waals surface area contributed by atoms with Gasteiger partial charge in [-0.3, -0.25) is 0 Å². The maximum Gasteiger partial charge on any atom is 0.0843 e. The molecule has 2 aromatic rings. The zero-order valence-electron chi connectivity index (χ0n) is 8.71. The number of hydrogen-bond donors (Lipinski definition) is 1. The van der Waals surface area contributed by atoms with E-state index in [9.17, 15) is 0 Å². The van der Waals surface area contributed by atoms with Gasteiger partial charge >= 0.3 is 0 Å². The Balaban J connectivity index is 2.31. The zero-order valence-corrected chi connectivity index (χ0v) is 12.7. The number of aryl methyl sites for hydroxylation is 1. The number of hydrogen-bond acceptors (Lipinski definition) is 2. The third-order valence-electron chi connectivity index (χ3n) is 2.41. The molecule has 0 aliphatic rings. The van der Waals surface area contributed by atoms with Gasteiger partial charge in [0.15, 0.2) is 0 Å². The van der Waals surface area contributed by atoms with Crippen LogP contribution >= 0.6 is 43.2 Å². The molecule has 2 N–H and O–H groups in total. The normalized spacial score (nSPS) is 12.8. The molecule has 1 heterocycles. The second-order valence-electron chi connectivity index (χ2n) is 3.66. The molecule has 1 nitrogen and oxygen atoms in total. The van der Waals surface area contributed by atoms with Crippen LogP contribution in [-0.2, 0) is 0 Å². The lowest BCUT2D eigenvalue weighted by Gasteiger charge is -2.09. The van der Waals surface area contributed by atoms with Gasteiger partial charge in [0.1, 0.15) is 0 Å². The maximum absolute atomic E-state index is 6.22. The Bertz CT molecular complexity index is 471. The molecule has 0 amide bonds. The van der Waals surface area contributed by atoms with Crippen LogP contribution < -0.4 is 5.73 Å².